The SMILES string of the molecule is NC(=O)CN(CC(N)=O)Cc1cncc(Br)c1. The van der Waals surface area contributed by atoms with Gasteiger partial charge in [-0.05, 0) is 27.6 Å². The summed E-state index contributed by atoms with van der Waals surface area (Å²) in [5.74, 6) is -1.01. The van der Waals surface area contributed by atoms with Crippen molar-refractivity contribution in [3.05, 3.63) is 28.5 Å². The van der Waals surface area contributed by atoms with Crippen molar-refractivity contribution in [1.29, 1.82) is 0 Å². The second-order valence-electron chi connectivity index (χ2n) is 3.59. The lowest BCUT2D eigenvalue weighted by molar-refractivity contribution is -0.122. The summed E-state index contributed by atoms with van der Waals surface area (Å²) in [5, 5.41) is 0. The second kappa shape index (κ2) is 6.31. The first-order valence-corrected chi connectivity index (χ1v) is 5.65. The van der Waals surface area contributed by atoms with E-state index >= 15 is 0 Å². The summed E-state index contributed by atoms with van der Waals surface area (Å²) in [6, 6.07) is 1.85. The van der Waals surface area contributed by atoms with Crippen LogP contribution in [-0.4, -0.2) is 34.8 Å². The summed E-state index contributed by atoms with van der Waals surface area (Å²) in [6.07, 6.45) is 3.30. The van der Waals surface area contributed by atoms with E-state index in [9.17, 15) is 9.59 Å². The number of nitrogens with zero attached hydrogens (tertiary/aromatic N) is 2. The van der Waals surface area contributed by atoms with Crippen LogP contribution in [0.5, 0.6) is 0 Å². The Kier molecular flexibility index (Phi) is 5.05. The maximum atomic E-state index is 10.9. The molecule has 17 heavy (non-hydrogen) atoms. The number of amides is 2. The highest BCUT2D eigenvalue weighted by Gasteiger charge is 2.12. The Morgan fingerprint density at radius 1 is 1.24 bits per heavy atom. The molecule has 92 valence electrons. The molecule has 6 nitrogen and oxygen atoms in total. The van der Waals surface area contributed by atoms with Gasteiger partial charge < -0.3 is 11.5 Å². The third-order valence-electron chi connectivity index (χ3n) is 1.93. The zero-order valence-corrected chi connectivity index (χ0v) is 10.7. The highest BCUT2D eigenvalue weighted by molar-refractivity contribution is 9.10. The largest absolute Gasteiger partial charge is 0.369 e. The number of nitrogens with two attached hydrogens (primary N) is 2. The van der Waals surface area contributed by atoms with E-state index in [4.69, 9.17) is 11.5 Å². The van der Waals surface area contributed by atoms with Crippen LogP contribution in [0.1, 0.15) is 5.56 Å². The van der Waals surface area contributed by atoms with Crippen molar-refractivity contribution < 1.29 is 9.59 Å². The molecule has 7 heteroatoms. The van der Waals surface area contributed by atoms with Crippen molar-refractivity contribution in [2.45, 2.75) is 6.54 Å². The van der Waals surface area contributed by atoms with Gasteiger partial charge in [-0.1, -0.05) is 0 Å². The zero-order chi connectivity index (χ0) is 12.8. The summed E-state index contributed by atoms with van der Waals surface area (Å²) < 4.78 is 0.827. The molecular formula is C10H13BrN4O2. The highest BCUT2D eigenvalue weighted by Crippen LogP contribution is 2.11. The molecule has 0 bridgehead atoms. The van der Waals surface area contributed by atoms with Gasteiger partial charge in [-0.2, -0.15) is 0 Å². The molecule has 1 aromatic heterocycles. The van der Waals surface area contributed by atoms with Gasteiger partial charge in [-0.25, -0.2) is 0 Å². The molecule has 1 rings (SSSR count). The van der Waals surface area contributed by atoms with Crippen molar-refractivity contribution in [2.24, 2.45) is 11.5 Å². The van der Waals surface area contributed by atoms with E-state index in [1.807, 2.05) is 6.07 Å². The minimum absolute atomic E-state index is 0.0184. The molecule has 1 aromatic rings. The van der Waals surface area contributed by atoms with Crippen LogP contribution >= 0.6 is 15.9 Å². The number of rotatable bonds is 6. The maximum Gasteiger partial charge on any atom is 0.231 e. The van der Waals surface area contributed by atoms with Crippen molar-refractivity contribution in [3.63, 3.8) is 0 Å². The molecule has 1 heterocycles. The molecule has 0 saturated carbocycles. The Balaban J connectivity index is 2.71. The molecule has 0 spiro atoms. The summed E-state index contributed by atoms with van der Waals surface area (Å²) in [7, 11) is 0. The quantitative estimate of drug-likeness (QED) is 0.747. The topological polar surface area (TPSA) is 102 Å². The molecule has 4 N–H and O–H groups in total. The Morgan fingerprint density at radius 2 is 1.82 bits per heavy atom. The summed E-state index contributed by atoms with van der Waals surface area (Å²) >= 11 is 3.29. The number of carbonyl (C=O) groups is 2. The molecule has 0 aliphatic heterocycles. The molecule has 0 aliphatic rings. The molecule has 2 amide bonds. The minimum Gasteiger partial charge on any atom is -0.369 e. The van der Waals surface area contributed by atoms with Crippen molar-refractivity contribution in [1.82, 2.24) is 9.88 Å². The van der Waals surface area contributed by atoms with Gasteiger partial charge in [0, 0.05) is 23.4 Å². The van der Waals surface area contributed by atoms with Gasteiger partial charge in [0.25, 0.3) is 0 Å². The van der Waals surface area contributed by atoms with Gasteiger partial charge in [0.05, 0.1) is 13.1 Å². The van der Waals surface area contributed by atoms with Gasteiger partial charge in [0.1, 0.15) is 0 Å². The first-order valence-electron chi connectivity index (χ1n) is 4.86. The third-order valence-corrected chi connectivity index (χ3v) is 2.36. The molecular weight excluding hydrogens is 288 g/mol. The van der Waals surface area contributed by atoms with E-state index < -0.39 is 11.8 Å². The van der Waals surface area contributed by atoms with Crippen LogP contribution in [0.4, 0.5) is 0 Å². The monoisotopic (exact) mass is 300 g/mol. The Hall–Kier alpha value is -1.47. The van der Waals surface area contributed by atoms with Gasteiger partial charge in [-0.15, -0.1) is 0 Å². The lowest BCUT2D eigenvalue weighted by atomic mass is 10.2. The average molecular weight is 301 g/mol. The van der Waals surface area contributed by atoms with Crippen LogP contribution in [0.2, 0.25) is 0 Å². The lowest BCUT2D eigenvalue weighted by Gasteiger charge is -2.18. The predicted molar refractivity (Wildman–Crippen MR) is 65.6 cm³/mol. The number of hydrogen-bond acceptors (Lipinski definition) is 4. The molecule has 0 unspecified atom stereocenters. The van der Waals surface area contributed by atoms with Gasteiger partial charge in [0.2, 0.25) is 11.8 Å². The Labute approximate surface area is 107 Å². The standard InChI is InChI=1S/C10H13BrN4O2/c11-8-1-7(2-14-3-8)4-15(5-9(12)16)6-10(13)17/h1-3H,4-6H2,(H2,12,16)(H2,13,17). The Bertz CT molecular complexity index is 409. The first-order chi connectivity index (χ1) is 7.97. The number of primary amides is 2. The minimum atomic E-state index is -0.505. The van der Waals surface area contributed by atoms with Crippen molar-refractivity contribution >= 4 is 27.7 Å². The van der Waals surface area contributed by atoms with Gasteiger partial charge in [-0.3, -0.25) is 19.5 Å². The van der Waals surface area contributed by atoms with Crippen LogP contribution < -0.4 is 11.5 Å². The fourth-order valence-corrected chi connectivity index (χ4v) is 1.82. The fourth-order valence-electron chi connectivity index (χ4n) is 1.41. The third kappa shape index (κ3) is 5.41. The van der Waals surface area contributed by atoms with E-state index in [0.717, 1.165) is 10.0 Å². The molecule has 0 atom stereocenters. The Morgan fingerprint density at radius 3 is 2.29 bits per heavy atom. The average Bonchev–Trinajstić information content (AvgIpc) is 2.14. The van der Waals surface area contributed by atoms with Crippen molar-refractivity contribution in [3.8, 4) is 0 Å². The number of aromatic nitrogens is 1. The number of halogens is 1. The smallest absolute Gasteiger partial charge is 0.231 e. The highest BCUT2D eigenvalue weighted by atomic mass is 79.9. The molecule has 0 fully saturated rings. The molecule has 0 radical (unpaired) electrons. The van der Waals surface area contributed by atoms with E-state index in [1.54, 1.807) is 17.3 Å². The number of carbonyl (C=O) groups excluding carboxylic acids is 2. The number of pyridine rings is 1. The maximum absolute atomic E-state index is 10.9. The van der Waals surface area contributed by atoms with Gasteiger partial charge >= 0.3 is 0 Å². The molecule has 0 saturated heterocycles. The summed E-state index contributed by atoms with van der Waals surface area (Å²) in [4.78, 5) is 27.3. The summed E-state index contributed by atoms with van der Waals surface area (Å²) in [6.45, 7) is 0.350. The molecule has 0 aromatic carbocycles. The summed E-state index contributed by atoms with van der Waals surface area (Å²) in [5.41, 5.74) is 11.1. The number of hydrogen-bond donors (Lipinski definition) is 2. The van der Waals surface area contributed by atoms with Crippen LogP contribution in [-0.2, 0) is 16.1 Å². The van der Waals surface area contributed by atoms with E-state index in [-0.39, 0.29) is 13.1 Å². The fraction of sp³-hybridized carbons (Fsp3) is 0.300. The van der Waals surface area contributed by atoms with E-state index in [1.165, 1.54) is 0 Å². The van der Waals surface area contributed by atoms with E-state index in [0.29, 0.717) is 6.54 Å². The van der Waals surface area contributed by atoms with Crippen LogP contribution in [0, 0.1) is 0 Å². The van der Waals surface area contributed by atoms with Gasteiger partial charge in [0.15, 0.2) is 0 Å². The molecule has 0 aliphatic carbocycles. The van der Waals surface area contributed by atoms with Crippen molar-refractivity contribution in [2.75, 3.05) is 13.1 Å². The van der Waals surface area contributed by atoms with Crippen LogP contribution in [0.15, 0.2) is 22.9 Å². The first kappa shape index (κ1) is 13.6. The predicted octanol–water partition coefficient (Wildman–Crippen LogP) is -0.383. The normalized spacial score (nSPS) is 10.5. The van der Waals surface area contributed by atoms with Crippen LogP contribution in [0.25, 0.3) is 0 Å². The van der Waals surface area contributed by atoms with Crippen LogP contribution in [0.3, 0.4) is 0 Å². The zero-order valence-electron chi connectivity index (χ0n) is 9.10. The second-order valence-corrected chi connectivity index (χ2v) is 4.50. The lowest BCUT2D eigenvalue weighted by Crippen LogP contribution is -2.39. The van der Waals surface area contributed by atoms with E-state index in [2.05, 4.69) is 20.9 Å².